The van der Waals surface area contributed by atoms with E-state index in [1.807, 2.05) is 18.5 Å². The van der Waals surface area contributed by atoms with Gasteiger partial charge in [0.15, 0.2) is 0 Å². The number of anilines is 1. The van der Waals surface area contributed by atoms with Gasteiger partial charge in [0.25, 0.3) is 0 Å². The number of aromatic nitrogens is 2. The predicted molar refractivity (Wildman–Crippen MR) is 138 cm³/mol. The maximum Gasteiger partial charge on any atom is 0.227 e. The van der Waals surface area contributed by atoms with E-state index in [1.54, 1.807) is 6.20 Å². The number of rotatable bonds is 7. The molecular formula is C28H33N5. The fraction of sp³-hybridized carbons (Fsp3) is 0.286. The van der Waals surface area contributed by atoms with E-state index in [1.165, 1.54) is 29.5 Å². The van der Waals surface area contributed by atoms with Gasteiger partial charge in [-0.2, -0.15) is 0 Å². The Kier molecular flexibility index (Phi) is 7.88. The van der Waals surface area contributed by atoms with Gasteiger partial charge in [0.1, 0.15) is 0 Å². The third kappa shape index (κ3) is 6.53. The summed E-state index contributed by atoms with van der Waals surface area (Å²) < 4.78 is 0. The normalized spacial score (nSPS) is 17.2. The maximum atomic E-state index is 5.60. The standard InChI is InChI=1S/C28H33N5/c1-21-8-9-24(26(18-21)12-15-29)5-2-4-22-19-31-28(32-20-22)33-27-7-3-6-23(10-11-27)25-13-16-30-17-14-25/h2,4,6-12,15,18-20,25,30H,3,5,13-14,16-17,29H2,1H3,(H,31,32,33)/b4-2?,15-12-. The number of nitrogens with one attached hydrogen (secondary N) is 2. The molecule has 0 bridgehead atoms. The largest absolute Gasteiger partial charge is 0.405 e. The van der Waals surface area contributed by atoms with Gasteiger partial charge in [0.05, 0.1) is 0 Å². The zero-order valence-electron chi connectivity index (χ0n) is 19.3. The Balaban J connectivity index is 1.33. The van der Waals surface area contributed by atoms with E-state index in [4.69, 9.17) is 5.73 Å². The second-order valence-corrected chi connectivity index (χ2v) is 8.59. The molecule has 1 aromatic carbocycles. The molecule has 0 spiro atoms. The average Bonchev–Trinajstić information content (AvgIpc) is 3.08. The summed E-state index contributed by atoms with van der Waals surface area (Å²) in [4.78, 5) is 8.99. The number of nitrogens with zero attached hydrogens (tertiary/aromatic N) is 2. The van der Waals surface area contributed by atoms with Crippen molar-refractivity contribution in [1.29, 1.82) is 0 Å². The summed E-state index contributed by atoms with van der Waals surface area (Å²) >= 11 is 0. The minimum absolute atomic E-state index is 0.613. The Labute approximate surface area is 196 Å². The van der Waals surface area contributed by atoms with Crippen molar-refractivity contribution in [3.8, 4) is 0 Å². The highest BCUT2D eigenvalue weighted by Crippen LogP contribution is 2.25. The molecule has 0 saturated carbocycles. The summed E-state index contributed by atoms with van der Waals surface area (Å²) in [7, 11) is 0. The molecular weight excluding hydrogens is 406 g/mol. The van der Waals surface area contributed by atoms with Gasteiger partial charge in [-0.15, -0.1) is 0 Å². The molecule has 5 nitrogen and oxygen atoms in total. The molecule has 4 rings (SSSR count). The number of aryl methyl sites for hydroxylation is 1. The van der Waals surface area contributed by atoms with Crippen LogP contribution in [-0.4, -0.2) is 23.1 Å². The summed E-state index contributed by atoms with van der Waals surface area (Å²) in [5.41, 5.74) is 12.7. The van der Waals surface area contributed by atoms with Gasteiger partial charge in [0.2, 0.25) is 5.95 Å². The monoisotopic (exact) mass is 439 g/mol. The van der Waals surface area contributed by atoms with E-state index < -0.39 is 0 Å². The van der Waals surface area contributed by atoms with Gasteiger partial charge in [-0.25, -0.2) is 9.97 Å². The van der Waals surface area contributed by atoms with E-state index in [2.05, 4.69) is 82.2 Å². The molecule has 2 heterocycles. The van der Waals surface area contributed by atoms with Crippen LogP contribution in [0.1, 0.15) is 41.5 Å². The first-order chi connectivity index (χ1) is 16.2. The molecule has 170 valence electrons. The molecule has 0 radical (unpaired) electrons. The van der Waals surface area contributed by atoms with Crippen LogP contribution in [0.15, 0.2) is 78.4 Å². The number of allylic oxidation sites excluding steroid dienone is 6. The summed E-state index contributed by atoms with van der Waals surface area (Å²) in [6.07, 6.45) is 24.5. The van der Waals surface area contributed by atoms with Gasteiger partial charge < -0.3 is 16.4 Å². The maximum absolute atomic E-state index is 5.60. The zero-order valence-corrected chi connectivity index (χ0v) is 19.3. The van der Waals surface area contributed by atoms with Crippen LogP contribution in [0, 0.1) is 12.8 Å². The van der Waals surface area contributed by atoms with Crippen LogP contribution in [0.25, 0.3) is 12.2 Å². The zero-order chi connectivity index (χ0) is 22.9. The number of nitrogens with two attached hydrogens (primary N) is 1. The number of hydrogen-bond donors (Lipinski definition) is 3. The first kappa shape index (κ1) is 22.7. The lowest BCUT2D eigenvalue weighted by molar-refractivity contribution is 0.425. The van der Waals surface area contributed by atoms with Crippen LogP contribution < -0.4 is 16.4 Å². The molecule has 1 fully saturated rings. The van der Waals surface area contributed by atoms with Crippen molar-refractivity contribution in [1.82, 2.24) is 15.3 Å². The lowest BCUT2D eigenvalue weighted by atomic mass is 9.89. The van der Waals surface area contributed by atoms with Crippen LogP contribution in [0.2, 0.25) is 0 Å². The van der Waals surface area contributed by atoms with Crippen molar-refractivity contribution in [2.24, 2.45) is 11.7 Å². The lowest BCUT2D eigenvalue weighted by Crippen LogP contribution is -2.28. The number of piperidine rings is 1. The van der Waals surface area contributed by atoms with Crippen LogP contribution in [0.5, 0.6) is 0 Å². The van der Waals surface area contributed by atoms with Crippen molar-refractivity contribution in [3.63, 3.8) is 0 Å². The van der Waals surface area contributed by atoms with Crippen LogP contribution in [0.4, 0.5) is 5.95 Å². The summed E-state index contributed by atoms with van der Waals surface area (Å²) in [6, 6.07) is 6.43. The molecule has 1 aliphatic heterocycles. The highest BCUT2D eigenvalue weighted by molar-refractivity contribution is 5.56. The van der Waals surface area contributed by atoms with Crippen LogP contribution in [-0.2, 0) is 6.42 Å². The fourth-order valence-corrected chi connectivity index (χ4v) is 4.29. The molecule has 1 aromatic heterocycles. The molecule has 2 aliphatic rings. The van der Waals surface area contributed by atoms with Gasteiger partial charge in [-0.3, -0.25) is 0 Å². The first-order valence-electron chi connectivity index (χ1n) is 11.7. The van der Waals surface area contributed by atoms with Crippen molar-refractivity contribution in [3.05, 3.63) is 101 Å². The average molecular weight is 440 g/mol. The van der Waals surface area contributed by atoms with Gasteiger partial charge in [-0.05, 0) is 86.7 Å². The van der Waals surface area contributed by atoms with E-state index in [9.17, 15) is 0 Å². The molecule has 5 heteroatoms. The van der Waals surface area contributed by atoms with E-state index >= 15 is 0 Å². The quantitative estimate of drug-likeness (QED) is 0.556. The Bertz CT molecular complexity index is 1080. The summed E-state index contributed by atoms with van der Waals surface area (Å²) in [5.74, 6) is 1.28. The lowest BCUT2D eigenvalue weighted by Gasteiger charge is -2.23. The molecule has 0 unspecified atom stereocenters. The number of benzene rings is 1. The van der Waals surface area contributed by atoms with Crippen molar-refractivity contribution < 1.29 is 0 Å². The Morgan fingerprint density at radius 1 is 1.09 bits per heavy atom. The highest BCUT2D eigenvalue weighted by atomic mass is 15.1. The van der Waals surface area contributed by atoms with Crippen molar-refractivity contribution in [2.75, 3.05) is 18.4 Å². The topological polar surface area (TPSA) is 75.9 Å². The Morgan fingerprint density at radius 2 is 1.91 bits per heavy atom. The van der Waals surface area contributed by atoms with E-state index in [-0.39, 0.29) is 0 Å². The Hall–Kier alpha value is -3.44. The molecule has 0 atom stereocenters. The third-order valence-electron chi connectivity index (χ3n) is 6.11. The van der Waals surface area contributed by atoms with E-state index in [0.29, 0.717) is 11.9 Å². The molecule has 0 amide bonds. The van der Waals surface area contributed by atoms with Gasteiger partial charge in [-0.1, -0.05) is 54.1 Å². The molecule has 1 saturated heterocycles. The summed E-state index contributed by atoms with van der Waals surface area (Å²) in [5, 5.41) is 6.78. The second-order valence-electron chi connectivity index (χ2n) is 8.59. The minimum atomic E-state index is 0.613. The van der Waals surface area contributed by atoms with Crippen LogP contribution in [0.3, 0.4) is 0 Å². The van der Waals surface area contributed by atoms with E-state index in [0.717, 1.165) is 42.8 Å². The summed E-state index contributed by atoms with van der Waals surface area (Å²) in [6.45, 7) is 4.31. The molecule has 2 aromatic rings. The van der Waals surface area contributed by atoms with Gasteiger partial charge >= 0.3 is 0 Å². The SMILES string of the molecule is Cc1ccc(CC=Cc2cnc(NC3=CCC=C(C4CCNCC4)C=C3)nc2)c(/C=C\N)c1. The highest BCUT2D eigenvalue weighted by Gasteiger charge is 2.16. The second kappa shape index (κ2) is 11.4. The molecule has 1 aliphatic carbocycles. The minimum Gasteiger partial charge on any atom is -0.405 e. The first-order valence-corrected chi connectivity index (χ1v) is 11.7. The van der Waals surface area contributed by atoms with Crippen molar-refractivity contribution >= 4 is 18.1 Å². The fourth-order valence-electron chi connectivity index (χ4n) is 4.29. The number of hydrogen-bond acceptors (Lipinski definition) is 5. The third-order valence-corrected chi connectivity index (χ3v) is 6.11. The van der Waals surface area contributed by atoms with Gasteiger partial charge in [0, 0.05) is 23.7 Å². The predicted octanol–water partition coefficient (Wildman–Crippen LogP) is 5.15. The molecule has 33 heavy (non-hydrogen) atoms. The van der Waals surface area contributed by atoms with Crippen molar-refractivity contribution in [2.45, 2.75) is 32.6 Å². The van der Waals surface area contributed by atoms with Crippen LogP contribution >= 0.6 is 0 Å². The Morgan fingerprint density at radius 3 is 2.70 bits per heavy atom. The smallest absolute Gasteiger partial charge is 0.227 e. The molecule has 4 N–H and O–H groups in total.